The van der Waals surface area contributed by atoms with Gasteiger partial charge in [0.2, 0.25) is 0 Å². The quantitative estimate of drug-likeness (QED) is 0.452. The summed E-state index contributed by atoms with van der Waals surface area (Å²) in [6.45, 7) is 0. The Morgan fingerprint density at radius 1 is 0.862 bits per heavy atom. The third-order valence-electron chi connectivity index (χ3n) is 4.32. The summed E-state index contributed by atoms with van der Waals surface area (Å²) in [7, 11) is 3.32. The second kappa shape index (κ2) is 8.67. The lowest BCUT2D eigenvalue weighted by molar-refractivity contribution is 0.0694. The first-order valence-corrected chi connectivity index (χ1v) is 8.99. The fourth-order valence-electron chi connectivity index (χ4n) is 2.67. The molecule has 0 aliphatic rings. The van der Waals surface area contributed by atoms with Gasteiger partial charge in [-0.25, -0.2) is 9.59 Å². The summed E-state index contributed by atoms with van der Waals surface area (Å²) >= 11 is 5.84. The Morgan fingerprint density at radius 3 is 2.03 bits per heavy atom. The number of rotatable bonds is 6. The summed E-state index contributed by atoms with van der Waals surface area (Å²) in [6.07, 6.45) is 0. The number of carboxylic acid groups (broad SMARTS) is 1. The van der Waals surface area contributed by atoms with E-state index in [0.717, 1.165) is 11.4 Å². The molecule has 29 heavy (non-hydrogen) atoms. The standard InChI is InChI=1S/C22H18ClNO5/c1-24(17-9-5-14(6-10-17)21(25)26)18-11-12-19(20(13-18)28-2)29-22(27)15-3-7-16(23)8-4-15/h3-13H,1-2H3,(H,25,26). The van der Waals surface area contributed by atoms with Crippen LogP contribution in [0.5, 0.6) is 11.5 Å². The van der Waals surface area contributed by atoms with E-state index in [0.29, 0.717) is 16.3 Å². The van der Waals surface area contributed by atoms with Crippen LogP contribution < -0.4 is 14.4 Å². The van der Waals surface area contributed by atoms with Gasteiger partial charge < -0.3 is 19.5 Å². The van der Waals surface area contributed by atoms with Crippen LogP contribution in [0.2, 0.25) is 5.02 Å². The van der Waals surface area contributed by atoms with Gasteiger partial charge in [-0.1, -0.05) is 11.6 Å². The van der Waals surface area contributed by atoms with E-state index in [9.17, 15) is 9.59 Å². The maximum atomic E-state index is 12.3. The van der Waals surface area contributed by atoms with Crippen molar-refractivity contribution in [2.45, 2.75) is 0 Å². The average molecular weight is 412 g/mol. The van der Waals surface area contributed by atoms with E-state index in [4.69, 9.17) is 26.2 Å². The molecular formula is C22H18ClNO5. The van der Waals surface area contributed by atoms with Crippen LogP contribution >= 0.6 is 11.6 Å². The highest BCUT2D eigenvalue weighted by molar-refractivity contribution is 6.30. The fraction of sp³-hybridized carbons (Fsp3) is 0.0909. The molecule has 7 heteroatoms. The van der Waals surface area contributed by atoms with Crippen LogP contribution in [0.3, 0.4) is 0 Å². The summed E-state index contributed by atoms with van der Waals surface area (Å²) in [5.74, 6) is -0.831. The molecule has 3 rings (SSSR count). The molecule has 0 unspecified atom stereocenters. The molecule has 0 aliphatic carbocycles. The van der Waals surface area contributed by atoms with Crippen molar-refractivity contribution < 1.29 is 24.2 Å². The predicted molar refractivity (Wildman–Crippen MR) is 111 cm³/mol. The average Bonchev–Trinajstić information content (AvgIpc) is 2.74. The molecular weight excluding hydrogens is 394 g/mol. The van der Waals surface area contributed by atoms with Gasteiger partial charge in [-0.2, -0.15) is 0 Å². The molecule has 148 valence electrons. The second-order valence-electron chi connectivity index (χ2n) is 6.14. The zero-order chi connectivity index (χ0) is 21.0. The number of hydrogen-bond acceptors (Lipinski definition) is 5. The largest absolute Gasteiger partial charge is 0.493 e. The molecule has 0 aliphatic heterocycles. The lowest BCUT2D eigenvalue weighted by Crippen LogP contribution is -2.11. The summed E-state index contributed by atoms with van der Waals surface area (Å²) in [6, 6.07) is 18.0. The number of carboxylic acids is 1. The van der Waals surface area contributed by atoms with Gasteiger partial charge in [-0.3, -0.25) is 0 Å². The summed E-state index contributed by atoms with van der Waals surface area (Å²) < 4.78 is 10.8. The number of methoxy groups -OCH3 is 1. The van der Waals surface area contributed by atoms with Crippen molar-refractivity contribution in [3.8, 4) is 11.5 Å². The minimum absolute atomic E-state index is 0.212. The Bertz CT molecular complexity index is 1030. The van der Waals surface area contributed by atoms with Crippen LogP contribution in [-0.4, -0.2) is 31.2 Å². The van der Waals surface area contributed by atoms with Crippen LogP contribution in [0.25, 0.3) is 0 Å². The van der Waals surface area contributed by atoms with E-state index in [1.165, 1.54) is 19.2 Å². The third kappa shape index (κ3) is 4.67. The van der Waals surface area contributed by atoms with Gasteiger partial charge in [0, 0.05) is 29.5 Å². The van der Waals surface area contributed by atoms with Crippen molar-refractivity contribution in [2.75, 3.05) is 19.1 Å². The van der Waals surface area contributed by atoms with Gasteiger partial charge in [0.05, 0.1) is 18.2 Å². The molecule has 1 N–H and O–H groups in total. The van der Waals surface area contributed by atoms with Gasteiger partial charge in [0.1, 0.15) is 0 Å². The number of carbonyl (C=O) groups is 2. The molecule has 0 amide bonds. The Morgan fingerprint density at radius 2 is 1.45 bits per heavy atom. The smallest absolute Gasteiger partial charge is 0.343 e. The van der Waals surface area contributed by atoms with E-state index < -0.39 is 11.9 Å². The molecule has 0 bridgehead atoms. The Balaban J connectivity index is 1.81. The van der Waals surface area contributed by atoms with Crippen molar-refractivity contribution >= 4 is 34.9 Å². The van der Waals surface area contributed by atoms with Gasteiger partial charge >= 0.3 is 11.9 Å². The minimum Gasteiger partial charge on any atom is -0.493 e. The summed E-state index contributed by atoms with van der Waals surface area (Å²) in [4.78, 5) is 25.2. The van der Waals surface area contributed by atoms with Crippen LogP contribution in [-0.2, 0) is 0 Å². The van der Waals surface area contributed by atoms with Gasteiger partial charge in [-0.15, -0.1) is 0 Å². The number of ether oxygens (including phenoxy) is 2. The van der Waals surface area contributed by atoms with Crippen molar-refractivity contribution in [3.05, 3.63) is 82.9 Å². The van der Waals surface area contributed by atoms with E-state index >= 15 is 0 Å². The normalized spacial score (nSPS) is 10.3. The second-order valence-corrected chi connectivity index (χ2v) is 6.58. The van der Waals surface area contributed by atoms with Gasteiger partial charge in [-0.05, 0) is 60.7 Å². The molecule has 6 nitrogen and oxygen atoms in total. The number of anilines is 2. The molecule has 0 saturated carbocycles. The number of benzene rings is 3. The zero-order valence-electron chi connectivity index (χ0n) is 15.8. The Labute approximate surface area is 172 Å². The molecule has 0 heterocycles. The highest BCUT2D eigenvalue weighted by atomic mass is 35.5. The maximum Gasteiger partial charge on any atom is 0.343 e. The zero-order valence-corrected chi connectivity index (χ0v) is 16.5. The van der Waals surface area contributed by atoms with Crippen LogP contribution in [0.4, 0.5) is 11.4 Å². The predicted octanol–water partition coefficient (Wildman–Crippen LogP) is 5.03. The topological polar surface area (TPSA) is 76.1 Å². The van der Waals surface area contributed by atoms with Crippen LogP contribution in [0.15, 0.2) is 66.7 Å². The Kier molecular flexibility index (Phi) is 6.04. The summed E-state index contributed by atoms with van der Waals surface area (Å²) in [5.41, 5.74) is 2.15. The highest BCUT2D eigenvalue weighted by Crippen LogP contribution is 2.34. The molecule has 3 aromatic carbocycles. The molecule has 0 fully saturated rings. The Hall–Kier alpha value is -3.51. The van der Waals surface area contributed by atoms with Crippen molar-refractivity contribution in [2.24, 2.45) is 0 Å². The summed E-state index contributed by atoms with van der Waals surface area (Å²) in [5, 5.41) is 9.55. The first kappa shape index (κ1) is 20.2. The number of halogens is 1. The lowest BCUT2D eigenvalue weighted by atomic mass is 10.2. The van der Waals surface area contributed by atoms with E-state index in [1.807, 2.05) is 11.9 Å². The third-order valence-corrected chi connectivity index (χ3v) is 4.57. The van der Waals surface area contributed by atoms with Gasteiger partial charge in [0.25, 0.3) is 0 Å². The number of aromatic carboxylic acids is 1. The van der Waals surface area contributed by atoms with E-state index in [1.54, 1.807) is 54.6 Å². The lowest BCUT2D eigenvalue weighted by Gasteiger charge is -2.21. The molecule has 0 saturated heterocycles. The SMILES string of the molecule is COc1cc(N(C)c2ccc(C(=O)O)cc2)ccc1OC(=O)c1ccc(Cl)cc1. The first-order valence-electron chi connectivity index (χ1n) is 8.62. The molecule has 0 atom stereocenters. The fourth-order valence-corrected chi connectivity index (χ4v) is 2.80. The number of nitrogens with zero attached hydrogens (tertiary/aromatic N) is 1. The molecule has 0 aromatic heterocycles. The van der Waals surface area contributed by atoms with Gasteiger partial charge in [0.15, 0.2) is 11.5 Å². The number of hydrogen-bond donors (Lipinski definition) is 1. The monoisotopic (exact) mass is 411 g/mol. The van der Waals surface area contributed by atoms with Crippen LogP contribution in [0.1, 0.15) is 20.7 Å². The first-order chi connectivity index (χ1) is 13.9. The van der Waals surface area contributed by atoms with E-state index in [2.05, 4.69) is 0 Å². The van der Waals surface area contributed by atoms with E-state index in [-0.39, 0.29) is 11.3 Å². The van der Waals surface area contributed by atoms with Crippen molar-refractivity contribution in [1.29, 1.82) is 0 Å². The van der Waals surface area contributed by atoms with Crippen molar-refractivity contribution in [1.82, 2.24) is 0 Å². The maximum absolute atomic E-state index is 12.3. The number of carbonyl (C=O) groups excluding carboxylic acids is 1. The molecule has 3 aromatic rings. The minimum atomic E-state index is -0.979. The van der Waals surface area contributed by atoms with Crippen molar-refractivity contribution in [3.63, 3.8) is 0 Å². The molecule has 0 radical (unpaired) electrons. The highest BCUT2D eigenvalue weighted by Gasteiger charge is 2.15. The molecule has 0 spiro atoms. The van der Waals surface area contributed by atoms with Crippen LogP contribution in [0, 0.1) is 0 Å². The number of esters is 1.